The molecule has 0 spiro atoms. The summed E-state index contributed by atoms with van der Waals surface area (Å²) in [6.45, 7) is 4.68. The van der Waals surface area contributed by atoms with Crippen LogP contribution >= 0.6 is 0 Å². The highest BCUT2D eigenvalue weighted by molar-refractivity contribution is 5.76. The molecule has 3 nitrogen and oxygen atoms in total. The molecule has 26 heavy (non-hydrogen) atoms. The zero-order valence-electron chi connectivity index (χ0n) is 15.6. The van der Waals surface area contributed by atoms with Gasteiger partial charge in [-0.15, -0.1) is 0 Å². The Morgan fingerprint density at radius 3 is 2.58 bits per heavy atom. The summed E-state index contributed by atoms with van der Waals surface area (Å²) in [7, 11) is 0. The Kier molecular flexibility index (Phi) is 7.50. The largest absolute Gasteiger partial charge is 0.406 e. The van der Waals surface area contributed by atoms with Gasteiger partial charge in [0.05, 0.1) is 0 Å². The molecule has 0 radical (unpaired) electrons. The number of nitrogens with one attached hydrogen (secondary N) is 1. The number of aryl methyl sites for hydroxylation is 1. The Hall–Kier alpha value is -1.56. The zero-order valence-corrected chi connectivity index (χ0v) is 15.6. The molecule has 0 aromatic heterocycles. The molecule has 2 rings (SSSR count). The molecule has 6 heteroatoms. The number of carbonyl (C=O) groups excluding carboxylic acids is 1. The van der Waals surface area contributed by atoms with E-state index in [9.17, 15) is 18.0 Å². The van der Waals surface area contributed by atoms with Crippen LogP contribution in [0.5, 0.6) is 0 Å². The molecule has 146 valence electrons. The van der Waals surface area contributed by atoms with Gasteiger partial charge in [-0.1, -0.05) is 36.8 Å². The van der Waals surface area contributed by atoms with Crippen LogP contribution in [0.1, 0.15) is 37.3 Å². The van der Waals surface area contributed by atoms with Gasteiger partial charge in [0.1, 0.15) is 6.54 Å². The minimum atomic E-state index is -4.38. The average Bonchev–Trinajstić information content (AvgIpc) is 2.59. The predicted molar refractivity (Wildman–Crippen MR) is 96.9 cm³/mol. The van der Waals surface area contributed by atoms with Gasteiger partial charge in [-0.05, 0) is 56.7 Å². The minimum absolute atomic E-state index is 0.0883. The molecule has 2 atom stereocenters. The number of alkyl halides is 3. The number of amides is 1. The fourth-order valence-corrected chi connectivity index (χ4v) is 3.46. The van der Waals surface area contributed by atoms with E-state index in [4.69, 9.17) is 0 Å². The fraction of sp³-hybridized carbons (Fsp3) is 0.650. The second-order valence-corrected chi connectivity index (χ2v) is 7.45. The molecule has 1 aliphatic heterocycles. The summed E-state index contributed by atoms with van der Waals surface area (Å²) in [5.41, 5.74) is 2.05. The van der Waals surface area contributed by atoms with Crippen LogP contribution in [-0.2, 0) is 11.2 Å². The minimum Gasteiger partial charge on any atom is -0.333 e. The predicted octanol–water partition coefficient (Wildman–Crippen LogP) is 3.95. The topological polar surface area (TPSA) is 32.3 Å². The van der Waals surface area contributed by atoms with Gasteiger partial charge in [0.25, 0.3) is 0 Å². The van der Waals surface area contributed by atoms with Gasteiger partial charge in [0.2, 0.25) is 5.91 Å². The second-order valence-electron chi connectivity index (χ2n) is 7.45. The highest BCUT2D eigenvalue weighted by atomic mass is 19.4. The average molecular weight is 370 g/mol. The van der Waals surface area contributed by atoms with Crippen LogP contribution in [-0.4, -0.2) is 43.2 Å². The summed E-state index contributed by atoms with van der Waals surface area (Å²) in [5, 5.41) is 3.30. The quantitative estimate of drug-likeness (QED) is 0.788. The summed E-state index contributed by atoms with van der Waals surface area (Å²) >= 11 is 0. The standard InChI is InChI=1S/C20H29F3N2O/c1-15-5-7-17(8-6-15)9-11-25(14-20(21,22)23)19(26)12-16(2)18-4-3-10-24-13-18/h5-8,16,18,24H,3-4,9-14H2,1-2H3. The van der Waals surface area contributed by atoms with Crippen LogP contribution in [0.2, 0.25) is 0 Å². The molecule has 1 N–H and O–H groups in total. The molecule has 0 saturated carbocycles. The van der Waals surface area contributed by atoms with Crippen LogP contribution in [0.3, 0.4) is 0 Å². The Morgan fingerprint density at radius 1 is 1.31 bits per heavy atom. The number of hydrogen-bond acceptors (Lipinski definition) is 2. The van der Waals surface area contributed by atoms with Crippen LogP contribution in [0, 0.1) is 18.8 Å². The smallest absolute Gasteiger partial charge is 0.333 e. The Labute approximate surface area is 154 Å². The Balaban J connectivity index is 1.95. The number of benzene rings is 1. The maximum Gasteiger partial charge on any atom is 0.406 e. The fourth-order valence-electron chi connectivity index (χ4n) is 3.46. The van der Waals surface area contributed by atoms with E-state index in [2.05, 4.69) is 5.32 Å². The molecule has 1 aliphatic rings. The summed E-state index contributed by atoms with van der Waals surface area (Å²) < 4.78 is 38.8. The van der Waals surface area contributed by atoms with Crippen molar-refractivity contribution in [2.45, 2.75) is 45.7 Å². The maximum atomic E-state index is 12.9. The Morgan fingerprint density at radius 2 is 2.00 bits per heavy atom. The monoisotopic (exact) mass is 370 g/mol. The molecule has 1 aromatic rings. The highest BCUT2D eigenvalue weighted by Crippen LogP contribution is 2.24. The van der Waals surface area contributed by atoms with Crippen LogP contribution in [0.4, 0.5) is 13.2 Å². The van der Waals surface area contributed by atoms with Crippen molar-refractivity contribution in [3.63, 3.8) is 0 Å². The second kappa shape index (κ2) is 9.40. The number of nitrogens with zero attached hydrogens (tertiary/aromatic N) is 1. The lowest BCUT2D eigenvalue weighted by Crippen LogP contribution is -2.42. The number of carbonyl (C=O) groups is 1. The molecule has 0 bridgehead atoms. The lowest BCUT2D eigenvalue weighted by Gasteiger charge is -2.30. The lowest BCUT2D eigenvalue weighted by molar-refractivity contribution is -0.161. The van der Waals surface area contributed by atoms with Gasteiger partial charge in [0, 0.05) is 13.0 Å². The summed E-state index contributed by atoms with van der Waals surface area (Å²) in [6.07, 6.45) is -1.68. The molecule has 1 fully saturated rings. The molecule has 0 aliphatic carbocycles. The normalized spacial score (nSPS) is 19.2. The number of piperidine rings is 1. The molecular formula is C20H29F3N2O. The van der Waals surface area contributed by atoms with Crippen LogP contribution in [0.15, 0.2) is 24.3 Å². The van der Waals surface area contributed by atoms with E-state index < -0.39 is 18.6 Å². The molecule has 1 heterocycles. The molecular weight excluding hydrogens is 341 g/mol. The first-order valence-electron chi connectivity index (χ1n) is 9.35. The molecule has 2 unspecified atom stereocenters. The summed E-state index contributed by atoms with van der Waals surface area (Å²) in [5.74, 6) is 0.0513. The first-order valence-corrected chi connectivity index (χ1v) is 9.35. The van der Waals surface area contributed by atoms with Crippen molar-refractivity contribution in [1.82, 2.24) is 10.2 Å². The van der Waals surface area contributed by atoms with E-state index in [1.807, 2.05) is 38.1 Å². The summed E-state index contributed by atoms with van der Waals surface area (Å²) in [4.78, 5) is 13.5. The number of hydrogen-bond donors (Lipinski definition) is 1. The highest BCUT2D eigenvalue weighted by Gasteiger charge is 2.33. The van der Waals surface area contributed by atoms with E-state index in [1.54, 1.807) is 0 Å². The van der Waals surface area contributed by atoms with Gasteiger partial charge >= 0.3 is 6.18 Å². The third kappa shape index (κ3) is 6.98. The third-order valence-electron chi connectivity index (χ3n) is 5.15. The number of halogens is 3. The molecule has 1 amide bonds. The van der Waals surface area contributed by atoms with Crippen molar-refractivity contribution in [1.29, 1.82) is 0 Å². The van der Waals surface area contributed by atoms with Gasteiger partial charge in [-0.3, -0.25) is 4.79 Å². The van der Waals surface area contributed by atoms with Crippen LogP contribution in [0.25, 0.3) is 0 Å². The maximum absolute atomic E-state index is 12.9. The van der Waals surface area contributed by atoms with Crippen LogP contribution < -0.4 is 5.32 Å². The van der Waals surface area contributed by atoms with Gasteiger partial charge in [0.15, 0.2) is 0 Å². The van der Waals surface area contributed by atoms with Crippen molar-refractivity contribution < 1.29 is 18.0 Å². The number of rotatable bonds is 7. The van der Waals surface area contributed by atoms with E-state index in [0.717, 1.165) is 42.0 Å². The van der Waals surface area contributed by atoms with Crippen molar-refractivity contribution >= 4 is 5.91 Å². The lowest BCUT2D eigenvalue weighted by atomic mass is 9.85. The first kappa shape index (κ1) is 20.7. The van der Waals surface area contributed by atoms with Crippen molar-refractivity contribution in [2.75, 3.05) is 26.2 Å². The SMILES string of the molecule is Cc1ccc(CCN(CC(F)(F)F)C(=O)CC(C)C2CCCNC2)cc1. The van der Waals surface area contributed by atoms with E-state index in [0.29, 0.717) is 12.3 Å². The van der Waals surface area contributed by atoms with Gasteiger partial charge in [-0.2, -0.15) is 13.2 Å². The first-order chi connectivity index (χ1) is 12.2. The molecule has 1 aromatic carbocycles. The summed E-state index contributed by atoms with van der Waals surface area (Å²) in [6, 6.07) is 7.68. The Bertz CT molecular complexity index is 565. The third-order valence-corrected chi connectivity index (χ3v) is 5.15. The van der Waals surface area contributed by atoms with Crippen molar-refractivity contribution in [3.8, 4) is 0 Å². The molecule has 1 saturated heterocycles. The van der Waals surface area contributed by atoms with Gasteiger partial charge in [-0.25, -0.2) is 0 Å². The van der Waals surface area contributed by atoms with E-state index >= 15 is 0 Å². The van der Waals surface area contributed by atoms with Gasteiger partial charge < -0.3 is 10.2 Å². The van der Waals surface area contributed by atoms with E-state index in [-0.39, 0.29) is 18.9 Å². The zero-order chi connectivity index (χ0) is 19.2. The van der Waals surface area contributed by atoms with Crippen molar-refractivity contribution in [2.24, 2.45) is 11.8 Å². The van der Waals surface area contributed by atoms with Crippen molar-refractivity contribution in [3.05, 3.63) is 35.4 Å². The van der Waals surface area contributed by atoms with E-state index in [1.165, 1.54) is 0 Å².